The Morgan fingerprint density at radius 2 is 2.03 bits per heavy atom. The van der Waals surface area contributed by atoms with E-state index in [1.54, 1.807) is 0 Å². The molecule has 0 saturated carbocycles. The van der Waals surface area contributed by atoms with E-state index in [9.17, 15) is 37.3 Å². The summed E-state index contributed by atoms with van der Waals surface area (Å²) in [6.45, 7) is 1.55. The monoisotopic (exact) mass is 575 g/mol. The van der Waals surface area contributed by atoms with Crippen molar-refractivity contribution in [1.82, 2.24) is 29.6 Å². The van der Waals surface area contributed by atoms with E-state index in [4.69, 9.17) is 16.3 Å². The topological polar surface area (TPSA) is 285 Å². The number of hydrogen-bond acceptors (Lipinski definition) is 14. The molecule has 2 aromatic heterocycles. The van der Waals surface area contributed by atoms with E-state index in [0.29, 0.717) is 0 Å². The van der Waals surface area contributed by atoms with E-state index in [1.807, 2.05) is 0 Å². The number of nitrogen functional groups attached to an aromatic ring is 1. The Morgan fingerprint density at radius 1 is 1.34 bits per heavy atom. The summed E-state index contributed by atoms with van der Waals surface area (Å²) in [6, 6.07) is -2.94. The smallest absolute Gasteiger partial charge is 0.404 e. The third-order valence-corrected chi connectivity index (χ3v) is 6.48. The number of carbonyl (C=O) groups excluding carboxylic acids is 3. The number of carbonyl (C=O) groups is 4. The molecule has 2 atom stereocenters. The number of nitrogens with zero attached hydrogens (tertiary/aromatic N) is 6. The van der Waals surface area contributed by atoms with Gasteiger partial charge in [0.2, 0.25) is 5.60 Å². The maximum absolute atomic E-state index is 13.1. The van der Waals surface area contributed by atoms with Gasteiger partial charge >= 0.3 is 22.4 Å². The van der Waals surface area contributed by atoms with Gasteiger partial charge in [-0.3, -0.25) is 14.1 Å². The van der Waals surface area contributed by atoms with E-state index in [2.05, 4.69) is 30.4 Å². The standard InChI is InChI=1S/C17H21N9O10S2/c1-17(2,14(29)30)36-24-10(8-6-37-15(18)21-8)12(27)22-11-9(26(13(11)28)38(32,33)34)4-25-20-3-7(23-25)5-35-16(19)31/h3,6,9,11H,4-5H2,1-2H3,(H2,18,21)(H2,19,31)(H,22,27)(H,29,30)(H,32,33,34)/b24-10-/t9-,11?/m0/s1. The van der Waals surface area contributed by atoms with Crippen molar-refractivity contribution in [3.63, 3.8) is 0 Å². The Kier molecular flexibility index (Phi) is 7.83. The van der Waals surface area contributed by atoms with Gasteiger partial charge < -0.3 is 31.5 Å². The lowest BCUT2D eigenvalue weighted by molar-refractivity contribution is -0.161. The van der Waals surface area contributed by atoms with Crippen molar-refractivity contribution in [3.8, 4) is 0 Å². The van der Waals surface area contributed by atoms with Crippen LogP contribution in [0.25, 0.3) is 0 Å². The second-order valence-electron chi connectivity index (χ2n) is 8.05. The molecule has 3 amide bonds. The highest BCUT2D eigenvalue weighted by Crippen LogP contribution is 2.25. The van der Waals surface area contributed by atoms with E-state index in [0.717, 1.165) is 16.1 Å². The molecule has 1 unspecified atom stereocenters. The van der Waals surface area contributed by atoms with Crippen molar-refractivity contribution in [1.29, 1.82) is 0 Å². The van der Waals surface area contributed by atoms with Crippen LogP contribution in [0.5, 0.6) is 0 Å². The van der Waals surface area contributed by atoms with Gasteiger partial charge in [-0.1, -0.05) is 5.16 Å². The Balaban J connectivity index is 1.85. The molecule has 0 aliphatic carbocycles. The minimum Gasteiger partial charge on any atom is -0.478 e. The molecule has 0 bridgehead atoms. The zero-order valence-corrected chi connectivity index (χ0v) is 21.2. The third-order valence-electron chi connectivity index (χ3n) is 4.86. The molecule has 1 aliphatic rings. The number of hydrogen-bond donors (Lipinski definition) is 5. The molecule has 21 heteroatoms. The normalized spacial score (nSPS) is 18.0. The lowest BCUT2D eigenvalue weighted by atomic mass is 9.98. The van der Waals surface area contributed by atoms with Crippen molar-refractivity contribution >= 4 is 56.4 Å². The van der Waals surface area contributed by atoms with Gasteiger partial charge in [0, 0.05) is 5.38 Å². The summed E-state index contributed by atoms with van der Waals surface area (Å²) in [5.74, 6) is -3.69. The van der Waals surface area contributed by atoms with E-state index < -0.39 is 64.1 Å². The Bertz CT molecular complexity index is 1400. The molecule has 3 rings (SSSR count). The summed E-state index contributed by atoms with van der Waals surface area (Å²) in [4.78, 5) is 57.5. The number of carboxylic acid groups (broad SMARTS) is 1. The average Bonchev–Trinajstić information content (AvgIpc) is 3.43. The number of nitrogens with one attached hydrogen (secondary N) is 1. The first-order chi connectivity index (χ1) is 17.6. The van der Waals surface area contributed by atoms with Crippen molar-refractivity contribution in [3.05, 3.63) is 23.0 Å². The number of thiazole rings is 1. The number of carboxylic acids is 1. The van der Waals surface area contributed by atoms with Crippen molar-refractivity contribution in [2.24, 2.45) is 10.9 Å². The van der Waals surface area contributed by atoms with Crippen LogP contribution in [0.2, 0.25) is 0 Å². The van der Waals surface area contributed by atoms with Crippen molar-refractivity contribution < 1.29 is 46.8 Å². The third kappa shape index (κ3) is 6.30. The van der Waals surface area contributed by atoms with Crippen LogP contribution >= 0.6 is 11.3 Å². The molecule has 0 spiro atoms. The van der Waals surface area contributed by atoms with Crippen LogP contribution in [-0.4, -0.2) is 89.6 Å². The van der Waals surface area contributed by atoms with Gasteiger partial charge in [0.1, 0.15) is 30.1 Å². The molecule has 7 N–H and O–H groups in total. The molecule has 38 heavy (non-hydrogen) atoms. The summed E-state index contributed by atoms with van der Waals surface area (Å²) < 4.78 is 37.7. The second kappa shape index (κ2) is 10.5. The first-order valence-corrected chi connectivity index (χ1v) is 12.5. The Labute approximate surface area is 217 Å². The second-order valence-corrected chi connectivity index (χ2v) is 10.2. The zero-order valence-electron chi connectivity index (χ0n) is 19.5. The van der Waals surface area contributed by atoms with Crippen LogP contribution in [0.1, 0.15) is 25.2 Å². The molecular weight excluding hydrogens is 554 g/mol. The van der Waals surface area contributed by atoms with Crippen LogP contribution in [0.15, 0.2) is 16.7 Å². The fourth-order valence-electron chi connectivity index (χ4n) is 2.95. The number of aliphatic carboxylic acids is 1. The molecule has 19 nitrogen and oxygen atoms in total. The molecule has 1 saturated heterocycles. The largest absolute Gasteiger partial charge is 0.478 e. The minimum absolute atomic E-state index is 0.0361. The number of primary amides is 1. The molecule has 206 valence electrons. The summed E-state index contributed by atoms with van der Waals surface area (Å²) in [6.07, 6.45) is 0.104. The lowest BCUT2D eigenvalue weighted by Crippen LogP contribution is -2.73. The predicted octanol–water partition coefficient (Wildman–Crippen LogP) is -2.31. The van der Waals surface area contributed by atoms with Crippen LogP contribution in [0.4, 0.5) is 9.93 Å². The lowest BCUT2D eigenvalue weighted by Gasteiger charge is -2.43. The summed E-state index contributed by atoms with van der Waals surface area (Å²) in [7, 11) is -5.05. The van der Waals surface area contributed by atoms with Crippen LogP contribution < -0.4 is 16.8 Å². The van der Waals surface area contributed by atoms with Crippen molar-refractivity contribution in [2.75, 3.05) is 5.73 Å². The Morgan fingerprint density at radius 3 is 2.58 bits per heavy atom. The van der Waals surface area contributed by atoms with Crippen molar-refractivity contribution in [2.45, 2.75) is 44.7 Å². The van der Waals surface area contributed by atoms with Gasteiger partial charge in [-0.05, 0) is 13.8 Å². The fourth-order valence-corrected chi connectivity index (χ4v) is 4.37. The molecule has 3 heterocycles. The van der Waals surface area contributed by atoms with Crippen LogP contribution in [0, 0.1) is 0 Å². The average molecular weight is 576 g/mol. The zero-order chi connectivity index (χ0) is 28.4. The van der Waals surface area contributed by atoms with E-state index in [-0.39, 0.29) is 27.4 Å². The number of β-lactam (4-membered cyclic amide) rings is 1. The highest BCUT2D eigenvalue weighted by atomic mass is 32.2. The SMILES string of the molecule is CC(C)(O/N=C(\C(=O)NC1C(=O)N(S(=O)(=O)O)[C@H]1Cn1ncc(COC(N)=O)n1)c1csc(N)n1)C(=O)O. The number of ether oxygens (including phenoxy) is 1. The summed E-state index contributed by atoms with van der Waals surface area (Å²) in [5.41, 5.74) is 8.07. The fraction of sp³-hybridized carbons (Fsp3) is 0.412. The van der Waals surface area contributed by atoms with E-state index >= 15 is 0 Å². The summed E-state index contributed by atoms with van der Waals surface area (Å²) >= 11 is 0.930. The highest BCUT2D eigenvalue weighted by molar-refractivity contribution is 7.84. The maximum atomic E-state index is 13.1. The Hall–Kier alpha value is -4.37. The molecule has 1 fully saturated rings. The van der Waals surface area contributed by atoms with Gasteiger partial charge in [-0.15, -0.1) is 11.3 Å². The highest BCUT2D eigenvalue weighted by Gasteiger charge is 2.54. The molecule has 0 aromatic carbocycles. The number of amides is 3. The van der Waals surface area contributed by atoms with Gasteiger partial charge in [0.05, 0.1) is 12.7 Å². The molecule has 2 aromatic rings. The first kappa shape index (κ1) is 28.2. The van der Waals surface area contributed by atoms with E-state index in [1.165, 1.54) is 25.4 Å². The van der Waals surface area contributed by atoms with Crippen LogP contribution in [-0.2, 0) is 47.4 Å². The molecule has 1 aliphatic heterocycles. The summed E-state index contributed by atoms with van der Waals surface area (Å²) in [5, 5.41) is 24.2. The van der Waals surface area contributed by atoms with Gasteiger partial charge in [0.25, 0.3) is 11.8 Å². The number of aromatic nitrogens is 4. The number of oxime groups is 1. The quantitative estimate of drug-likeness (QED) is 0.0815. The molecular formula is C17H21N9O10S2. The predicted molar refractivity (Wildman–Crippen MR) is 124 cm³/mol. The maximum Gasteiger partial charge on any atom is 0.404 e. The minimum atomic E-state index is -5.05. The first-order valence-electron chi connectivity index (χ1n) is 10.2. The number of nitrogens with two attached hydrogens (primary N) is 2. The van der Waals surface area contributed by atoms with Gasteiger partial charge in [-0.25, -0.2) is 18.9 Å². The number of anilines is 1. The van der Waals surface area contributed by atoms with Gasteiger partial charge in [0.15, 0.2) is 10.8 Å². The van der Waals surface area contributed by atoms with Crippen LogP contribution in [0.3, 0.4) is 0 Å². The molecule has 0 radical (unpaired) electrons. The van der Waals surface area contributed by atoms with Gasteiger partial charge in [-0.2, -0.15) is 23.4 Å². The number of rotatable bonds is 11.